The summed E-state index contributed by atoms with van der Waals surface area (Å²) < 4.78 is 5.78. The molecular formula is C24H25ClN2O2S. The number of amides is 1. The number of ether oxygens (including phenoxy) is 1. The molecule has 0 atom stereocenters. The molecule has 0 N–H and O–H groups in total. The van der Waals surface area contributed by atoms with Crippen LogP contribution in [0.5, 0.6) is 5.75 Å². The molecule has 30 heavy (non-hydrogen) atoms. The molecule has 4 nitrogen and oxygen atoms in total. The third-order valence-electron chi connectivity index (χ3n) is 5.28. The Labute approximate surface area is 186 Å². The lowest BCUT2D eigenvalue weighted by Crippen LogP contribution is -2.48. The molecule has 1 fully saturated rings. The number of benzene rings is 2. The predicted molar refractivity (Wildman–Crippen MR) is 122 cm³/mol. The Morgan fingerprint density at radius 1 is 1.03 bits per heavy atom. The molecule has 0 aliphatic carbocycles. The summed E-state index contributed by atoms with van der Waals surface area (Å²) in [6.07, 6.45) is 0. The van der Waals surface area contributed by atoms with E-state index in [4.69, 9.17) is 16.3 Å². The van der Waals surface area contributed by atoms with Gasteiger partial charge >= 0.3 is 0 Å². The Hall–Kier alpha value is -2.34. The van der Waals surface area contributed by atoms with Crippen LogP contribution in [0.2, 0.25) is 5.02 Å². The minimum atomic E-state index is 0.110. The van der Waals surface area contributed by atoms with Crippen LogP contribution < -0.4 is 4.74 Å². The number of carbonyl (C=O) groups excluding carboxylic acids is 1. The van der Waals surface area contributed by atoms with E-state index in [1.165, 1.54) is 22.5 Å². The maximum absolute atomic E-state index is 12.9. The quantitative estimate of drug-likeness (QED) is 0.525. The van der Waals surface area contributed by atoms with E-state index in [1.54, 1.807) is 6.07 Å². The smallest absolute Gasteiger partial charge is 0.264 e. The SMILES string of the molecule is Cc1ccc(CN2CCN(C(=O)c3cc(COc4ccccc4Cl)cs3)CC2)cc1. The molecule has 6 heteroatoms. The molecule has 1 aliphatic rings. The molecule has 2 heterocycles. The van der Waals surface area contributed by atoms with Gasteiger partial charge in [0.15, 0.2) is 0 Å². The number of piperazine rings is 1. The van der Waals surface area contributed by atoms with Gasteiger partial charge in [0.05, 0.1) is 9.90 Å². The highest BCUT2D eigenvalue weighted by molar-refractivity contribution is 7.12. The number of rotatable bonds is 6. The van der Waals surface area contributed by atoms with Gasteiger partial charge in [-0.15, -0.1) is 11.3 Å². The molecule has 0 saturated carbocycles. The summed E-state index contributed by atoms with van der Waals surface area (Å²) in [5, 5.41) is 2.57. The monoisotopic (exact) mass is 440 g/mol. The molecule has 2 aromatic carbocycles. The molecule has 1 aromatic heterocycles. The summed E-state index contributed by atoms with van der Waals surface area (Å²) in [5.74, 6) is 0.766. The van der Waals surface area contributed by atoms with E-state index in [1.807, 2.05) is 34.5 Å². The van der Waals surface area contributed by atoms with Crippen LogP contribution in [0.15, 0.2) is 60.0 Å². The zero-order chi connectivity index (χ0) is 20.9. The topological polar surface area (TPSA) is 32.8 Å². The van der Waals surface area contributed by atoms with Gasteiger partial charge in [0.1, 0.15) is 12.4 Å². The first kappa shape index (κ1) is 20.9. The van der Waals surface area contributed by atoms with Gasteiger partial charge in [-0.25, -0.2) is 0 Å². The Morgan fingerprint density at radius 2 is 1.77 bits per heavy atom. The molecule has 0 bridgehead atoms. The fourth-order valence-corrected chi connectivity index (χ4v) is 4.56. The van der Waals surface area contributed by atoms with Gasteiger partial charge in [-0.1, -0.05) is 53.6 Å². The summed E-state index contributed by atoms with van der Waals surface area (Å²) in [6, 6.07) is 18.0. The van der Waals surface area contributed by atoms with Crippen molar-refractivity contribution in [3.8, 4) is 5.75 Å². The number of halogens is 1. The van der Waals surface area contributed by atoms with Crippen LogP contribution in [0.25, 0.3) is 0 Å². The average molecular weight is 441 g/mol. The lowest BCUT2D eigenvalue weighted by molar-refractivity contribution is 0.0633. The number of hydrogen-bond acceptors (Lipinski definition) is 4. The lowest BCUT2D eigenvalue weighted by Gasteiger charge is -2.34. The normalized spacial score (nSPS) is 14.7. The Balaban J connectivity index is 1.28. The first-order chi connectivity index (χ1) is 14.6. The van der Waals surface area contributed by atoms with Crippen LogP contribution in [-0.2, 0) is 13.2 Å². The molecule has 0 spiro atoms. The van der Waals surface area contributed by atoms with Crippen molar-refractivity contribution in [2.24, 2.45) is 0 Å². The van der Waals surface area contributed by atoms with Crippen LogP contribution in [0, 0.1) is 6.92 Å². The fraction of sp³-hybridized carbons (Fsp3) is 0.292. The molecule has 4 rings (SSSR count). The Morgan fingerprint density at radius 3 is 2.50 bits per heavy atom. The van der Waals surface area contributed by atoms with Crippen molar-refractivity contribution in [3.05, 3.63) is 86.6 Å². The van der Waals surface area contributed by atoms with Crippen LogP contribution in [0.4, 0.5) is 0 Å². The summed E-state index contributed by atoms with van der Waals surface area (Å²) in [6.45, 7) is 6.75. The van der Waals surface area contributed by atoms with E-state index < -0.39 is 0 Å². The van der Waals surface area contributed by atoms with Crippen molar-refractivity contribution in [3.63, 3.8) is 0 Å². The number of carbonyl (C=O) groups is 1. The number of aryl methyl sites for hydroxylation is 1. The summed E-state index contributed by atoms with van der Waals surface area (Å²) >= 11 is 7.61. The molecule has 3 aromatic rings. The van der Waals surface area contributed by atoms with Crippen molar-refractivity contribution in [1.82, 2.24) is 9.80 Å². The molecule has 1 amide bonds. The number of nitrogens with zero attached hydrogens (tertiary/aromatic N) is 2. The van der Waals surface area contributed by atoms with Crippen molar-refractivity contribution in [1.29, 1.82) is 0 Å². The second kappa shape index (κ2) is 9.65. The minimum Gasteiger partial charge on any atom is -0.487 e. The zero-order valence-electron chi connectivity index (χ0n) is 17.0. The largest absolute Gasteiger partial charge is 0.487 e. The van der Waals surface area contributed by atoms with Crippen molar-refractivity contribution in [2.75, 3.05) is 26.2 Å². The zero-order valence-corrected chi connectivity index (χ0v) is 18.6. The number of thiophene rings is 1. The Kier molecular flexibility index (Phi) is 6.72. The lowest BCUT2D eigenvalue weighted by atomic mass is 10.1. The first-order valence-corrected chi connectivity index (χ1v) is 11.4. The molecule has 1 aliphatic heterocycles. The van der Waals surface area contributed by atoms with Crippen LogP contribution in [0.3, 0.4) is 0 Å². The maximum Gasteiger partial charge on any atom is 0.264 e. The van der Waals surface area contributed by atoms with E-state index >= 15 is 0 Å². The van der Waals surface area contributed by atoms with E-state index in [0.717, 1.165) is 43.2 Å². The molecular weight excluding hydrogens is 416 g/mol. The second-order valence-electron chi connectivity index (χ2n) is 7.59. The number of para-hydroxylation sites is 1. The van der Waals surface area contributed by atoms with Gasteiger partial charge in [-0.2, -0.15) is 0 Å². The third-order valence-corrected chi connectivity index (χ3v) is 6.56. The fourth-order valence-electron chi connectivity index (χ4n) is 3.50. The minimum absolute atomic E-state index is 0.110. The molecule has 0 radical (unpaired) electrons. The second-order valence-corrected chi connectivity index (χ2v) is 8.91. The van der Waals surface area contributed by atoms with Gasteiger partial charge < -0.3 is 9.64 Å². The van der Waals surface area contributed by atoms with Gasteiger partial charge in [0.2, 0.25) is 0 Å². The van der Waals surface area contributed by atoms with Crippen LogP contribution in [-0.4, -0.2) is 41.9 Å². The van der Waals surface area contributed by atoms with E-state index in [0.29, 0.717) is 17.4 Å². The average Bonchev–Trinajstić information content (AvgIpc) is 3.24. The van der Waals surface area contributed by atoms with E-state index in [-0.39, 0.29) is 5.91 Å². The predicted octanol–water partition coefficient (Wildman–Crippen LogP) is 5.25. The summed E-state index contributed by atoms with van der Waals surface area (Å²) in [7, 11) is 0. The molecule has 1 saturated heterocycles. The summed E-state index contributed by atoms with van der Waals surface area (Å²) in [5.41, 5.74) is 3.59. The highest BCUT2D eigenvalue weighted by Gasteiger charge is 2.23. The molecule has 156 valence electrons. The third kappa shape index (κ3) is 5.22. The van der Waals surface area contributed by atoms with Crippen LogP contribution in [0.1, 0.15) is 26.4 Å². The van der Waals surface area contributed by atoms with Gasteiger partial charge in [0.25, 0.3) is 5.91 Å². The Bertz CT molecular complexity index is 994. The van der Waals surface area contributed by atoms with Gasteiger partial charge in [0, 0.05) is 38.3 Å². The summed E-state index contributed by atoms with van der Waals surface area (Å²) in [4.78, 5) is 18.0. The highest BCUT2D eigenvalue weighted by atomic mass is 35.5. The first-order valence-electron chi connectivity index (χ1n) is 10.1. The highest BCUT2D eigenvalue weighted by Crippen LogP contribution is 2.25. The van der Waals surface area contributed by atoms with Crippen molar-refractivity contribution < 1.29 is 9.53 Å². The van der Waals surface area contributed by atoms with Crippen LogP contribution >= 0.6 is 22.9 Å². The van der Waals surface area contributed by atoms with Crippen molar-refractivity contribution in [2.45, 2.75) is 20.1 Å². The van der Waals surface area contributed by atoms with Gasteiger partial charge in [-0.3, -0.25) is 9.69 Å². The molecule has 0 unspecified atom stereocenters. The van der Waals surface area contributed by atoms with E-state index in [9.17, 15) is 4.79 Å². The van der Waals surface area contributed by atoms with Gasteiger partial charge in [-0.05, 0) is 36.1 Å². The maximum atomic E-state index is 12.9. The standard InChI is InChI=1S/C24H25ClN2O2S/c1-18-6-8-19(9-7-18)15-26-10-12-27(13-11-26)24(28)23-14-20(17-30-23)16-29-22-5-3-2-4-21(22)25/h2-9,14,17H,10-13,15-16H2,1H3. The number of hydrogen-bond donors (Lipinski definition) is 0. The van der Waals surface area contributed by atoms with E-state index in [2.05, 4.69) is 36.1 Å². The van der Waals surface area contributed by atoms with Crippen molar-refractivity contribution >= 4 is 28.8 Å².